The average Bonchev–Trinajstić information content (AvgIpc) is 3.09. The number of hydrogen-bond acceptors (Lipinski definition) is 2. The topological polar surface area (TPSA) is 38.1 Å². The van der Waals surface area contributed by atoms with Crippen molar-refractivity contribution in [2.45, 2.75) is 38.6 Å². The van der Waals surface area contributed by atoms with Crippen LogP contribution >= 0.6 is 0 Å². The van der Waals surface area contributed by atoms with E-state index in [1.165, 1.54) is 6.42 Å². The Morgan fingerprint density at radius 3 is 3.00 bits per heavy atom. The molecule has 0 N–H and O–H groups in total. The molecular weight excluding hydrogens is 262 g/mol. The van der Waals surface area contributed by atoms with Crippen LogP contribution in [-0.2, 0) is 0 Å². The molecule has 1 aliphatic rings. The summed E-state index contributed by atoms with van der Waals surface area (Å²) < 4.78 is 1.78. The predicted molar refractivity (Wildman–Crippen MR) is 82.5 cm³/mol. The molecular formula is C17H21N3O. The summed E-state index contributed by atoms with van der Waals surface area (Å²) in [7, 11) is 0. The smallest absolute Gasteiger partial charge is 0.254 e. The minimum atomic E-state index is 0.149. The summed E-state index contributed by atoms with van der Waals surface area (Å²) in [5.74, 6) is 0.149. The van der Waals surface area contributed by atoms with Gasteiger partial charge in [-0.3, -0.25) is 4.79 Å². The van der Waals surface area contributed by atoms with Gasteiger partial charge in [0.05, 0.1) is 5.69 Å². The van der Waals surface area contributed by atoms with Crippen LogP contribution in [0.5, 0.6) is 0 Å². The number of likely N-dealkylation sites (tertiary alicyclic amines) is 1. The van der Waals surface area contributed by atoms with Gasteiger partial charge in [-0.1, -0.05) is 13.0 Å². The third-order valence-electron chi connectivity index (χ3n) is 4.22. The third kappa shape index (κ3) is 2.84. The number of hydrogen-bond donors (Lipinski definition) is 0. The fraction of sp³-hybridized carbons (Fsp3) is 0.412. The van der Waals surface area contributed by atoms with Crippen molar-refractivity contribution in [3.05, 3.63) is 48.3 Å². The van der Waals surface area contributed by atoms with Crippen LogP contribution in [0.25, 0.3) is 5.69 Å². The van der Waals surface area contributed by atoms with Crippen LogP contribution < -0.4 is 0 Å². The zero-order valence-electron chi connectivity index (χ0n) is 12.4. The maximum Gasteiger partial charge on any atom is 0.254 e. The predicted octanol–water partition coefficient (Wildman–Crippen LogP) is 3.28. The average molecular weight is 283 g/mol. The van der Waals surface area contributed by atoms with Crippen molar-refractivity contribution in [1.82, 2.24) is 14.7 Å². The molecule has 21 heavy (non-hydrogen) atoms. The van der Waals surface area contributed by atoms with Gasteiger partial charge in [-0.05, 0) is 49.9 Å². The summed E-state index contributed by atoms with van der Waals surface area (Å²) >= 11 is 0. The van der Waals surface area contributed by atoms with Gasteiger partial charge in [0.25, 0.3) is 5.91 Å². The summed E-state index contributed by atoms with van der Waals surface area (Å²) in [5.41, 5.74) is 1.68. The molecule has 0 radical (unpaired) electrons. The van der Waals surface area contributed by atoms with Gasteiger partial charge < -0.3 is 4.90 Å². The molecule has 1 atom stereocenters. The Labute approximate surface area is 125 Å². The molecule has 0 bridgehead atoms. The Hall–Kier alpha value is -2.10. The van der Waals surface area contributed by atoms with Gasteiger partial charge in [0.15, 0.2) is 0 Å². The van der Waals surface area contributed by atoms with Crippen LogP contribution in [0.3, 0.4) is 0 Å². The minimum Gasteiger partial charge on any atom is -0.336 e. The molecule has 110 valence electrons. The van der Waals surface area contributed by atoms with Crippen LogP contribution in [0.2, 0.25) is 0 Å². The SMILES string of the molecule is CCC1CCCCN1C(=O)c1cccc(-n2cccn2)c1. The third-order valence-corrected chi connectivity index (χ3v) is 4.22. The van der Waals surface area contributed by atoms with Crippen LogP contribution in [0.15, 0.2) is 42.7 Å². The highest BCUT2D eigenvalue weighted by atomic mass is 16.2. The van der Waals surface area contributed by atoms with E-state index in [1.807, 2.05) is 41.4 Å². The highest BCUT2D eigenvalue weighted by Crippen LogP contribution is 2.22. The lowest BCUT2D eigenvalue weighted by Crippen LogP contribution is -2.43. The molecule has 3 rings (SSSR count). The van der Waals surface area contributed by atoms with Crippen LogP contribution in [-0.4, -0.2) is 33.2 Å². The second-order valence-corrected chi connectivity index (χ2v) is 5.56. The van der Waals surface area contributed by atoms with Crippen molar-refractivity contribution < 1.29 is 4.79 Å². The van der Waals surface area contributed by atoms with Gasteiger partial charge in [0.1, 0.15) is 0 Å². The Morgan fingerprint density at radius 2 is 2.24 bits per heavy atom. The highest BCUT2D eigenvalue weighted by molar-refractivity contribution is 5.95. The molecule has 0 saturated carbocycles. The molecule has 2 aromatic rings. The Balaban J connectivity index is 1.86. The van der Waals surface area contributed by atoms with Gasteiger partial charge in [-0.2, -0.15) is 5.10 Å². The standard InChI is InChI=1S/C17H21N3O/c1-2-15-8-3-4-11-19(15)17(21)14-7-5-9-16(13-14)20-12-6-10-18-20/h5-7,9-10,12-13,15H,2-4,8,11H2,1H3. The summed E-state index contributed by atoms with van der Waals surface area (Å²) in [4.78, 5) is 14.8. The molecule has 2 heterocycles. The normalized spacial score (nSPS) is 18.7. The van der Waals surface area contributed by atoms with Crippen LogP contribution in [0.1, 0.15) is 43.0 Å². The number of amides is 1. The first-order valence-electron chi connectivity index (χ1n) is 7.70. The number of carbonyl (C=O) groups excluding carboxylic acids is 1. The van der Waals surface area contributed by atoms with Crippen molar-refractivity contribution in [3.63, 3.8) is 0 Å². The fourth-order valence-corrected chi connectivity index (χ4v) is 3.06. The van der Waals surface area contributed by atoms with Gasteiger partial charge in [-0.15, -0.1) is 0 Å². The zero-order valence-corrected chi connectivity index (χ0v) is 12.4. The lowest BCUT2D eigenvalue weighted by molar-refractivity contribution is 0.0608. The van der Waals surface area contributed by atoms with Crippen LogP contribution in [0.4, 0.5) is 0 Å². The van der Waals surface area contributed by atoms with Gasteiger partial charge >= 0.3 is 0 Å². The van der Waals surface area contributed by atoms with Crippen molar-refractivity contribution in [2.75, 3.05) is 6.54 Å². The second kappa shape index (κ2) is 6.12. The molecule has 4 nitrogen and oxygen atoms in total. The molecule has 1 amide bonds. The first-order chi connectivity index (χ1) is 10.3. The van der Waals surface area contributed by atoms with E-state index in [2.05, 4.69) is 12.0 Å². The monoisotopic (exact) mass is 283 g/mol. The van der Waals surface area contributed by atoms with Gasteiger partial charge in [0.2, 0.25) is 0 Å². The van der Waals surface area contributed by atoms with Crippen molar-refractivity contribution in [1.29, 1.82) is 0 Å². The Bertz CT molecular complexity index is 606. The number of piperidine rings is 1. The molecule has 0 aliphatic carbocycles. The molecule has 4 heteroatoms. The lowest BCUT2D eigenvalue weighted by atomic mass is 9.99. The van der Waals surface area contributed by atoms with Crippen LogP contribution in [0, 0.1) is 0 Å². The second-order valence-electron chi connectivity index (χ2n) is 5.56. The minimum absolute atomic E-state index is 0.149. The van der Waals surface area contributed by atoms with E-state index in [1.54, 1.807) is 10.9 Å². The number of nitrogens with zero attached hydrogens (tertiary/aromatic N) is 3. The van der Waals surface area contributed by atoms with Crippen molar-refractivity contribution >= 4 is 5.91 Å². The number of aromatic nitrogens is 2. The summed E-state index contributed by atoms with van der Waals surface area (Å²) in [5, 5.41) is 4.22. The van der Waals surface area contributed by atoms with Gasteiger partial charge in [-0.25, -0.2) is 4.68 Å². The van der Waals surface area contributed by atoms with E-state index in [4.69, 9.17) is 0 Å². The van der Waals surface area contributed by atoms with E-state index >= 15 is 0 Å². The van der Waals surface area contributed by atoms with Crippen molar-refractivity contribution in [3.8, 4) is 5.69 Å². The summed E-state index contributed by atoms with van der Waals surface area (Å²) in [6, 6.07) is 9.99. The molecule has 1 aromatic carbocycles. The van der Waals surface area contributed by atoms with Gasteiger partial charge in [0, 0.05) is 30.5 Å². The quantitative estimate of drug-likeness (QED) is 0.867. The summed E-state index contributed by atoms with van der Waals surface area (Å²) in [6.45, 7) is 3.04. The highest BCUT2D eigenvalue weighted by Gasteiger charge is 2.26. The summed E-state index contributed by atoms with van der Waals surface area (Å²) in [6.07, 6.45) is 8.13. The molecule has 1 fully saturated rings. The lowest BCUT2D eigenvalue weighted by Gasteiger charge is -2.35. The molecule has 1 aromatic heterocycles. The number of carbonyl (C=O) groups is 1. The van der Waals surface area contributed by atoms with E-state index in [-0.39, 0.29) is 5.91 Å². The van der Waals surface area contributed by atoms with E-state index in [0.29, 0.717) is 6.04 Å². The molecule has 1 saturated heterocycles. The first-order valence-corrected chi connectivity index (χ1v) is 7.70. The molecule has 1 unspecified atom stereocenters. The maximum atomic E-state index is 12.8. The molecule has 0 spiro atoms. The fourth-order valence-electron chi connectivity index (χ4n) is 3.06. The van der Waals surface area contributed by atoms with E-state index in [0.717, 1.165) is 37.1 Å². The molecule has 1 aliphatic heterocycles. The van der Waals surface area contributed by atoms with E-state index in [9.17, 15) is 4.79 Å². The number of rotatable bonds is 3. The maximum absolute atomic E-state index is 12.8. The Kier molecular flexibility index (Phi) is 4.04. The van der Waals surface area contributed by atoms with Crippen molar-refractivity contribution in [2.24, 2.45) is 0 Å². The van der Waals surface area contributed by atoms with E-state index < -0.39 is 0 Å². The Morgan fingerprint density at radius 1 is 1.33 bits per heavy atom. The first kappa shape index (κ1) is 13.9. The zero-order chi connectivity index (χ0) is 14.7. The number of benzene rings is 1. The largest absolute Gasteiger partial charge is 0.336 e.